The fourth-order valence-corrected chi connectivity index (χ4v) is 2.86. The molecule has 98 valence electrons. The second-order valence-corrected chi connectivity index (χ2v) is 5.50. The van der Waals surface area contributed by atoms with Crippen molar-refractivity contribution in [2.24, 2.45) is 11.8 Å². The molecule has 2 saturated carbocycles. The Bertz CT molecular complexity index is 100. The van der Waals surface area contributed by atoms with Crippen LogP contribution in [0.3, 0.4) is 0 Å². The Labute approximate surface area is 104 Å². The van der Waals surface area contributed by atoms with Crippen molar-refractivity contribution in [1.82, 2.24) is 0 Å². The van der Waals surface area contributed by atoms with E-state index in [1.54, 1.807) is 25.7 Å². The molecule has 0 atom stereocenters. The minimum atomic E-state index is 1.16. The van der Waals surface area contributed by atoms with Gasteiger partial charge in [0.15, 0.2) is 0 Å². The van der Waals surface area contributed by atoms with Gasteiger partial charge in [0.2, 0.25) is 0 Å². The maximum atomic E-state index is 2.12. The highest BCUT2D eigenvalue weighted by molar-refractivity contribution is 4.78. The van der Waals surface area contributed by atoms with E-state index in [4.69, 9.17) is 0 Å². The highest BCUT2D eigenvalue weighted by Gasteiger charge is 2.26. The first-order chi connectivity index (χ1) is 7.79. The van der Waals surface area contributed by atoms with Crippen LogP contribution in [0.25, 0.3) is 0 Å². The average molecular weight is 226 g/mol. The Hall–Kier alpha value is 0. The number of rotatable bonds is 0. The smallest absolute Gasteiger partial charge is 0.0386 e. The fourth-order valence-electron chi connectivity index (χ4n) is 2.86. The maximum Gasteiger partial charge on any atom is -0.0386 e. The molecule has 0 heterocycles. The predicted molar refractivity (Wildman–Crippen MR) is 75.8 cm³/mol. The third kappa shape index (κ3) is 7.30. The molecule has 0 nitrogen and oxygen atoms in total. The molecule has 0 aromatic carbocycles. The first-order valence-corrected chi connectivity index (χ1v) is 7.79. The molecule has 0 radical (unpaired) electrons. The molecule has 2 rings (SSSR count). The molecule has 0 spiro atoms. The van der Waals surface area contributed by atoms with E-state index in [9.17, 15) is 0 Å². The minimum absolute atomic E-state index is 1.16. The summed E-state index contributed by atoms with van der Waals surface area (Å²) >= 11 is 0. The van der Waals surface area contributed by atoms with E-state index in [1.807, 2.05) is 0 Å². The van der Waals surface area contributed by atoms with Crippen LogP contribution in [0.5, 0.6) is 0 Å². The SMILES string of the molecule is C1CCC2CCCCC2C1.CCC.CCC. The van der Waals surface area contributed by atoms with Gasteiger partial charge in [-0.3, -0.25) is 0 Å². The van der Waals surface area contributed by atoms with Gasteiger partial charge in [0, 0.05) is 0 Å². The summed E-state index contributed by atoms with van der Waals surface area (Å²) in [6, 6.07) is 0. The molecule has 2 aliphatic carbocycles. The molecular formula is C16H34. The third-order valence-corrected chi connectivity index (χ3v) is 3.47. The van der Waals surface area contributed by atoms with Crippen LogP contribution >= 0.6 is 0 Å². The number of hydrogen-bond acceptors (Lipinski definition) is 0. The van der Waals surface area contributed by atoms with Crippen LogP contribution in [0.15, 0.2) is 0 Å². The van der Waals surface area contributed by atoms with Gasteiger partial charge < -0.3 is 0 Å². The largest absolute Gasteiger partial charge is 0.0656 e. The second-order valence-electron chi connectivity index (χ2n) is 5.50. The van der Waals surface area contributed by atoms with Gasteiger partial charge in [0.1, 0.15) is 0 Å². The second kappa shape index (κ2) is 11.5. The Morgan fingerprint density at radius 3 is 0.938 bits per heavy atom. The lowest BCUT2D eigenvalue weighted by molar-refractivity contribution is 0.171. The lowest BCUT2D eigenvalue weighted by atomic mass is 9.71. The maximum absolute atomic E-state index is 2.12. The van der Waals surface area contributed by atoms with E-state index in [0.29, 0.717) is 0 Å². The van der Waals surface area contributed by atoms with Crippen LogP contribution in [0.4, 0.5) is 0 Å². The van der Waals surface area contributed by atoms with E-state index in [0.717, 1.165) is 11.8 Å². The first kappa shape index (κ1) is 16.0. The summed E-state index contributed by atoms with van der Waals surface area (Å²) in [6.45, 7) is 8.50. The summed E-state index contributed by atoms with van der Waals surface area (Å²) < 4.78 is 0. The fraction of sp³-hybridized carbons (Fsp3) is 1.00. The van der Waals surface area contributed by atoms with Crippen molar-refractivity contribution in [3.63, 3.8) is 0 Å². The van der Waals surface area contributed by atoms with Crippen molar-refractivity contribution in [3.05, 3.63) is 0 Å². The normalized spacial score (nSPS) is 27.8. The van der Waals surface area contributed by atoms with Crippen LogP contribution in [0.2, 0.25) is 0 Å². The Balaban J connectivity index is 0.000000321. The molecule has 0 amide bonds. The molecule has 0 heteroatoms. The van der Waals surface area contributed by atoms with E-state index in [1.165, 1.54) is 38.5 Å². The van der Waals surface area contributed by atoms with Crippen LogP contribution in [0, 0.1) is 11.8 Å². The quantitative estimate of drug-likeness (QED) is 0.461. The van der Waals surface area contributed by atoms with Crippen molar-refractivity contribution in [1.29, 1.82) is 0 Å². The van der Waals surface area contributed by atoms with Crippen molar-refractivity contribution in [3.8, 4) is 0 Å². The van der Waals surface area contributed by atoms with Crippen LogP contribution in [-0.2, 0) is 0 Å². The van der Waals surface area contributed by atoms with Crippen LogP contribution in [-0.4, -0.2) is 0 Å². The van der Waals surface area contributed by atoms with Crippen LogP contribution < -0.4 is 0 Å². The Morgan fingerprint density at radius 1 is 0.562 bits per heavy atom. The van der Waals surface area contributed by atoms with Crippen molar-refractivity contribution < 1.29 is 0 Å². The molecular weight excluding hydrogens is 192 g/mol. The van der Waals surface area contributed by atoms with E-state index in [-0.39, 0.29) is 0 Å². The van der Waals surface area contributed by atoms with Gasteiger partial charge in [-0.1, -0.05) is 91.9 Å². The lowest BCUT2D eigenvalue weighted by Crippen LogP contribution is -2.22. The summed E-state index contributed by atoms with van der Waals surface area (Å²) in [4.78, 5) is 0. The van der Waals surface area contributed by atoms with Crippen molar-refractivity contribution in [2.75, 3.05) is 0 Å². The summed E-state index contributed by atoms with van der Waals surface area (Å²) in [5.41, 5.74) is 0. The molecule has 0 N–H and O–H groups in total. The zero-order valence-electron chi connectivity index (χ0n) is 12.2. The molecule has 0 aromatic heterocycles. The van der Waals surface area contributed by atoms with Crippen LogP contribution in [0.1, 0.15) is 91.9 Å². The zero-order valence-corrected chi connectivity index (χ0v) is 12.2. The van der Waals surface area contributed by atoms with E-state index >= 15 is 0 Å². The van der Waals surface area contributed by atoms with Crippen molar-refractivity contribution >= 4 is 0 Å². The minimum Gasteiger partial charge on any atom is -0.0656 e. The molecule has 0 aliphatic heterocycles. The van der Waals surface area contributed by atoms with E-state index < -0.39 is 0 Å². The zero-order chi connectivity index (χ0) is 12.2. The molecule has 0 saturated heterocycles. The average Bonchev–Trinajstić information content (AvgIpc) is 2.31. The van der Waals surface area contributed by atoms with Crippen molar-refractivity contribution in [2.45, 2.75) is 91.9 Å². The van der Waals surface area contributed by atoms with Gasteiger partial charge in [0.25, 0.3) is 0 Å². The molecule has 0 bridgehead atoms. The summed E-state index contributed by atoms with van der Waals surface area (Å²) in [5.74, 6) is 2.31. The van der Waals surface area contributed by atoms with Gasteiger partial charge in [-0.25, -0.2) is 0 Å². The molecule has 0 aromatic rings. The molecule has 0 unspecified atom stereocenters. The van der Waals surface area contributed by atoms with Gasteiger partial charge in [-0.15, -0.1) is 0 Å². The molecule has 2 aliphatic rings. The number of hydrogen-bond donors (Lipinski definition) is 0. The summed E-state index contributed by atoms with van der Waals surface area (Å²) in [7, 11) is 0. The van der Waals surface area contributed by atoms with Gasteiger partial charge in [-0.05, 0) is 11.8 Å². The monoisotopic (exact) mass is 226 g/mol. The van der Waals surface area contributed by atoms with Gasteiger partial charge in [0.05, 0.1) is 0 Å². The van der Waals surface area contributed by atoms with Gasteiger partial charge >= 0.3 is 0 Å². The third-order valence-electron chi connectivity index (χ3n) is 3.47. The van der Waals surface area contributed by atoms with Gasteiger partial charge in [-0.2, -0.15) is 0 Å². The summed E-state index contributed by atoms with van der Waals surface area (Å²) in [5, 5.41) is 0. The standard InChI is InChI=1S/C10H18.2C3H8/c1-2-6-10-8-4-3-7-9(10)5-1;2*1-3-2/h9-10H,1-8H2;2*3H2,1-2H3. The topological polar surface area (TPSA) is 0 Å². The number of fused-ring (bicyclic) bond motifs is 1. The molecule has 2 fully saturated rings. The highest BCUT2D eigenvalue weighted by Crippen LogP contribution is 2.39. The predicted octanol–water partition coefficient (Wildman–Crippen LogP) is 6.20. The Kier molecular flexibility index (Phi) is 11.5. The molecule has 16 heavy (non-hydrogen) atoms. The highest BCUT2D eigenvalue weighted by atomic mass is 14.3. The Morgan fingerprint density at radius 2 is 0.750 bits per heavy atom. The van der Waals surface area contributed by atoms with E-state index in [2.05, 4.69) is 27.7 Å². The summed E-state index contributed by atoms with van der Waals surface area (Å²) in [6.07, 6.45) is 14.9. The first-order valence-electron chi connectivity index (χ1n) is 7.79. The lowest BCUT2D eigenvalue weighted by Gasteiger charge is -2.35.